The second kappa shape index (κ2) is 6.13. The zero-order chi connectivity index (χ0) is 15.4. The molecule has 0 aliphatic heterocycles. The molecule has 6 heteroatoms. The highest BCUT2D eigenvalue weighted by Crippen LogP contribution is 2.21. The molecule has 0 radical (unpaired) electrons. The van der Waals surface area contributed by atoms with Crippen LogP contribution in [0, 0.1) is 20.8 Å². The van der Waals surface area contributed by atoms with Gasteiger partial charge in [-0.2, -0.15) is 0 Å². The third kappa shape index (κ3) is 3.62. The first kappa shape index (κ1) is 14.6. The van der Waals surface area contributed by atoms with E-state index >= 15 is 0 Å². The summed E-state index contributed by atoms with van der Waals surface area (Å²) in [7, 11) is 0. The van der Waals surface area contributed by atoms with E-state index in [1.54, 1.807) is 6.07 Å². The second-order valence-corrected chi connectivity index (χ2v) is 4.75. The van der Waals surface area contributed by atoms with Crippen molar-refractivity contribution >= 4 is 23.5 Å². The van der Waals surface area contributed by atoms with Crippen molar-refractivity contribution in [1.29, 1.82) is 0 Å². The lowest BCUT2D eigenvalue weighted by molar-refractivity contribution is -0.133. The smallest absolute Gasteiger partial charge is 0.316 e. The first-order chi connectivity index (χ1) is 9.97. The number of aryl methyl sites for hydroxylation is 3. The van der Waals surface area contributed by atoms with E-state index in [9.17, 15) is 9.59 Å². The van der Waals surface area contributed by atoms with Crippen LogP contribution in [0.25, 0.3) is 0 Å². The Morgan fingerprint density at radius 2 is 1.43 bits per heavy atom. The summed E-state index contributed by atoms with van der Waals surface area (Å²) in [5.41, 5.74) is 3.56. The molecule has 0 aliphatic rings. The van der Waals surface area contributed by atoms with Crippen molar-refractivity contribution in [1.82, 2.24) is 9.97 Å². The number of carbonyl (C=O) groups excluding carboxylic acids is 2. The van der Waals surface area contributed by atoms with Gasteiger partial charge in [0.2, 0.25) is 5.95 Å². The van der Waals surface area contributed by atoms with Crippen LogP contribution in [-0.4, -0.2) is 21.8 Å². The Hall–Kier alpha value is -2.76. The van der Waals surface area contributed by atoms with Crippen molar-refractivity contribution in [3.05, 3.63) is 47.3 Å². The van der Waals surface area contributed by atoms with Crippen LogP contribution >= 0.6 is 0 Å². The zero-order valence-corrected chi connectivity index (χ0v) is 12.1. The van der Waals surface area contributed by atoms with Crippen molar-refractivity contribution in [2.75, 3.05) is 10.6 Å². The topological polar surface area (TPSA) is 84.0 Å². The van der Waals surface area contributed by atoms with Gasteiger partial charge in [-0.3, -0.25) is 14.9 Å². The van der Waals surface area contributed by atoms with Gasteiger partial charge in [0.05, 0.1) is 0 Å². The maximum atomic E-state index is 11.9. The molecule has 0 saturated heterocycles. The molecular weight excluding hydrogens is 268 g/mol. The van der Waals surface area contributed by atoms with Crippen LogP contribution in [0.2, 0.25) is 0 Å². The van der Waals surface area contributed by atoms with Crippen molar-refractivity contribution in [2.24, 2.45) is 0 Å². The van der Waals surface area contributed by atoms with E-state index in [1.165, 1.54) is 12.4 Å². The zero-order valence-electron chi connectivity index (χ0n) is 12.1. The van der Waals surface area contributed by atoms with Gasteiger partial charge in [0, 0.05) is 18.1 Å². The maximum Gasteiger partial charge on any atom is 0.316 e. The third-order valence-electron chi connectivity index (χ3n) is 2.91. The summed E-state index contributed by atoms with van der Waals surface area (Å²) in [5, 5.41) is 4.96. The van der Waals surface area contributed by atoms with Gasteiger partial charge in [-0.25, -0.2) is 9.97 Å². The molecule has 1 heterocycles. The van der Waals surface area contributed by atoms with E-state index in [2.05, 4.69) is 20.6 Å². The molecule has 2 aromatic rings. The van der Waals surface area contributed by atoms with Gasteiger partial charge >= 0.3 is 11.8 Å². The summed E-state index contributed by atoms with van der Waals surface area (Å²) in [6.45, 7) is 5.74. The van der Waals surface area contributed by atoms with Crippen LogP contribution in [0.15, 0.2) is 30.6 Å². The summed E-state index contributed by atoms with van der Waals surface area (Å²) in [6.07, 6.45) is 2.96. The van der Waals surface area contributed by atoms with E-state index in [0.717, 1.165) is 16.7 Å². The van der Waals surface area contributed by atoms with Crippen LogP contribution in [0.3, 0.4) is 0 Å². The van der Waals surface area contributed by atoms with Crippen LogP contribution in [-0.2, 0) is 9.59 Å². The lowest BCUT2D eigenvalue weighted by atomic mass is 10.1. The molecule has 108 valence electrons. The van der Waals surface area contributed by atoms with E-state index < -0.39 is 11.8 Å². The van der Waals surface area contributed by atoms with Crippen LogP contribution in [0.4, 0.5) is 11.6 Å². The van der Waals surface area contributed by atoms with Crippen LogP contribution in [0.5, 0.6) is 0 Å². The fraction of sp³-hybridized carbons (Fsp3) is 0.200. The van der Waals surface area contributed by atoms with Crippen molar-refractivity contribution in [2.45, 2.75) is 20.8 Å². The molecule has 2 amide bonds. The molecule has 6 nitrogen and oxygen atoms in total. The fourth-order valence-electron chi connectivity index (χ4n) is 2.07. The van der Waals surface area contributed by atoms with Gasteiger partial charge in [-0.1, -0.05) is 17.7 Å². The monoisotopic (exact) mass is 284 g/mol. The number of anilines is 2. The average molecular weight is 284 g/mol. The van der Waals surface area contributed by atoms with Crippen LogP contribution < -0.4 is 10.6 Å². The average Bonchev–Trinajstić information content (AvgIpc) is 2.43. The molecule has 0 unspecified atom stereocenters. The molecule has 0 bridgehead atoms. The SMILES string of the molecule is Cc1cc(C)c(NC(=O)C(=O)Nc2ncccn2)c(C)c1. The number of amides is 2. The minimum Gasteiger partial charge on any atom is -0.317 e. The molecule has 0 spiro atoms. The van der Waals surface area contributed by atoms with Crippen molar-refractivity contribution < 1.29 is 9.59 Å². The molecule has 0 aliphatic carbocycles. The van der Waals surface area contributed by atoms with Crippen molar-refractivity contribution in [3.8, 4) is 0 Å². The van der Waals surface area contributed by atoms with E-state index in [-0.39, 0.29) is 5.95 Å². The quantitative estimate of drug-likeness (QED) is 0.826. The molecule has 0 saturated carbocycles. The largest absolute Gasteiger partial charge is 0.317 e. The normalized spacial score (nSPS) is 10.0. The standard InChI is InChI=1S/C15H16N4O2/c1-9-7-10(2)12(11(3)8-9)18-13(20)14(21)19-15-16-5-4-6-17-15/h4-8H,1-3H3,(H,18,20)(H,16,17,19,21). The fourth-order valence-corrected chi connectivity index (χ4v) is 2.07. The predicted molar refractivity (Wildman–Crippen MR) is 79.9 cm³/mol. The maximum absolute atomic E-state index is 11.9. The number of carbonyl (C=O) groups is 2. The molecule has 2 rings (SSSR count). The van der Waals surface area contributed by atoms with Gasteiger partial charge in [-0.15, -0.1) is 0 Å². The van der Waals surface area contributed by atoms with Crippen molar-refractivity contribution in [3.63, 3.8) is 0 Å². The van der Waals surface area contributed by atoms with Crippen LogP contribution in [0.1, 0.15) is 16.7 Å². The van der Waals surface area contributed by atoms with E-state index in [1.807, 2.05) is 32.9 Å². The highest BCUT2D eigenvalue weighted by Gasteiger charge is 2.17. The molecule has 21 heavy (non-hydrogen) atoms. The molecular formula is C15H16N4O2. The number of hydrogen-bond acceptors (Lipinski definition) is 4. The Morgan fingerprint density at radius 3 is 2.00 bits per heavy atom. The summed E-state index contributed by atoms with van der Waals surface area (Å²) in [4.78, 5) is 31.4. The lowest BCUT2D eigenvalue weighted by Gasteiger charge is -2.12. The second-order valence-electron chi connectivity index (χ2n) is 4.75. The third-order valence-corrected chi connectivity index (χ3v) is 2.91. The number of rotatable bonds is 2. The Morgan fingerprint density at radius 1 is 0.905 bits per heavy atom. The summed E-state index contributed by atoms with van der Waals surface area (Å²) >= 11 is 0. The molecule has 2 N–H and O–H groups in total. The number of nitrogens with one attached hydrogen (secondary N) is 2. The molecule has 1 aromatic carbocycles. The molecule has 0 fully saturated rings. The Balaban J connectivity index is 2.10. The van der Waals surface area contributed by atoms with Gasteiger partial charge in [0.15, 0.2) is 0 Å². The number of nitrogens with zero attached hydrogens (tertiary/aromatic N) is 2. The Bertz CT molecular complexity index is 660. The van der Waals surface area contributed by atoms with Gasteiger partial charge in [-0.05, 0) is 38.0 Å². The van der Waals surface area contributed by atoms with E-state index in [4.69, 9.17) is 0 Å². The molecule has 0 atom stereocenters. The minimum absolute atomic E-state index is 0.0926. The Kier molecular flexibility index (Phi) is 4.27. The summed E-state index contributed by atoms with van der Waals surface area (Å²) in [5.74, 6) is -1.46. The molecule has 1 aromatic heterocycles. The Labute approximate surface area is 122 Å². The predicted octanol–water partition coefficient (Wildman–Crippen LogP) is 1.98. The highest BCUT2D eigenvalue weighted by atomic mass is 16.2. The highest BCUT2D eigenvalue weighted by molar-refractivity contribution is 6.43. The van der Waals surface area contributed by atoms with Gasteiger partial charge < -0.3 is 5.32 Å². The number of hydrogen-bond donors (Lipinski definition) is 2. The first-order valence-corrected chi connectivity index (χ1v) is 6.44. The summed E-state index contributed by atoms with van der Waals surface area (Å²) < 4.78 is 0. The summed E-state index contributed by atoms with van der Waals surface area (Å²) in [6, 6.07) is 5.51. The first-order valence-electron chi connectivity index (χ1n) is 6.44. The van der Waals surface area contributed by atoms with E-state index in [0.29, 0.717) is 5.69 Å². The number of aromatic nitrogens is 2. The number of benzene rings is 1. The van der Waals surface area contributed by atoms with Gasteiger partial charge in [0.1, 0.15) is 0 Å². The van der Waals surface area contributed by atoms with Gasteiger partial charge in [0.25, 0.3) is 0 Å². The minimum atomic E-state index is -0.805. The lowest BCUT2D eigenvalue weighted by Crippen LogP contribution is -2.30.